The third-order valence-electron chi connectivity index (χ3n) is 1.56. The van der Waals surface area contributed by atoms with Gasteiger partial charge in [0.15, 0.2) is 0 Å². The van der Waals surface area contributed by atoms with Crippen molar-refractivity contribution in [2.24, 2.45) is 0 Å². The van der Waals surface area contributed by atoms with Crippen LogP contribution in [0.5, 0.6) is 0 Å². The lowest BCUT2D eigenvalue weighted by Gasteiger charge is -2.07. The Morgan fingerprint density at radius 3 is 2.67 bits per heavy atom. The second-order valence-corrected chi connectivity index (χ2v) is 4.94. The van der Waals surface area contributed by atoms with Crippen LogP contribution in [-0.2, 0) is 15.6 Å². The van der Waals surface area contributed by atoms with Gasteiger partial charge in [-0.25, -0.2) is 0 Å². The number of carbonyl (C=O) groups excluding carboxylic acids is 1. The summed E-state index contributed by atoms with van der Waals surface area (Å²) >= 11 is 3.04. The minimum atomic E-state index is -0.790. The molecule has 0 aliphatic rings. The lowest BCUT2D eigenvalue weighted by Crippen LogP contribution is -2.28. The van der Waals surface area contributed by atoms with Gasteiger partial charge in [0.1, 0.15) is 0 Å². The molecule has 0 rings (SSSR count). The van der Waals surface area contributed by atoms with E-state index in [0.717, 1.165) is 6.42 Å². The number of hydrogen-bond donors (Lipinski definition) is 1. The van der Waals surface area contributed by atoms with E-state index in [-0.39, 0.29) is 11.2 Å². The Kier molecular flexibility index (Phi) is 6.65. The molecule has 0 saturated carbocycles. The molecule has 72 valence electrons. The molecule has 0 bridgehead atoms. The molecule has 3 nitrogen and oxygen atoms in total. The van der Waals surface area contributed by atoms with Crippen LogP contribution >= 0.6 is 15.9 Å². The number of amides is 1. The predicted octanol–water partition coefficient (Wildman–Crippen LogP) is 0.655. The maximum absolute atomic E-state index is 10.9. The van der Waals surface area contributed by atoms with Gasteiger partial charge in [-0.1, -0.05) is 22.9 Å². The molecule has 2 atom stereocenters. The molecule has 0 aliphatic carbocycles. The van der Waals surface area contributed by atoms with Crippen LogP contribution in [0.3, 0.4) is 0 Å². The van der Waals surface area contributed by atoms with E-state index in [2.05, 4.69) is 21.2 Å². The van der Waals surface area contributed by atoms with Crippen LogP contribution in [0.4, 0.5) is 0 Å². The summed E-state index contributed by atoms with van der Waals surface area (Å²) < 4.78 is 10.9. The van der Waals surface area contributed by atoms with E-state index < -0.39 is 10.8 Å². The molecule has 0 heterocycles. The van der Waals surface area contributed by atoms with Gasteiger partial charge in [-0.15, -0.1) is 0 Å². The van der Waals surface area contributed by atoms with Gasteiger partial charge in [0.25, 0.3) is 0 Å². The summed E-state index contributed by atoms with van der Waals surface area (Å²) in [6.45, 7) is 2.52. The first-order chi connectivity index (χ1) is 5.57. The average molecular weight is 256 g/mol. The van der Waals surface area contributed by atoms with E-state index in [9.17, 15) is 9.00 Å². The summed E-state index contributed by atoms with van der Waals surface area (Å²) in [5.41, 5.74) is 0. The fraction of sp³-hybridized carbons (Fsp3) is 0.857. The molecule has 5 heteroatoms. The van der Waals surface area contributed by atoms with Crippen LogP contribution in [0.25, 0.3) is 0 Å². The summed E-state index contributed by atoms with van der Waals surface area (Å²) in [4.78, 5) is 10.7. The van der Waals surface area contributed by atoms with Crippen LogP contribution in [0.1, 0.15) is 13.3 Å². The Hall–Kier alpha value is 0.1000. The van der Waals surface area contributed by atoms with Gasteiger partial charge in [-0.3, -0.25) is 9.00 Å². The predicted molar refractivity (Wildman–Crippen MR) is 54.9 cm³/mol. The van der Waals surface area contributed by atoms with E-state index >= 15 is 0 Å². The first-order valence-corrected chi connectivity index (χ1v) is 6.47. The highest BCUT2D eigenvalue weighted by Gasteiger charge is 2.05. The van der Waals surface area contributed by atoms with Crippen molar-refractivity contribution in [3.05, 3.63) is 0 Å². The quantitative estimate of drug-likeness (QED) is 0.734. The van der Waals surface area contributed by atoms with Crippen LogP contribution < -0.4 is 5.32 Å². The zero-order valence-electron chi connectivity index (χ0n) is 7.30. The fourth-order valence-electron chi connectivity index (χ4n) is 0.628. The molecule has 0 aromatic rings. The monoisotopic (exact) mass is 255 g/mol. The van der Waals surface area contributed by atoms with Gasteiger partial charge in [0.05, 0.1) is 5.33 Å². The molecule has 0 radical (unpaired) electrons. The van der Waals surface area contributed by atoms with Crippen LogP contribution in [0, 0.1) is 0 Å². The highest BCUT2D eigenvalue weighted by Crippen LogP contribution is 1.97. The standard InChI is InChI=1S/C7H14BrNO2S/c1-6(12(2)11)3-4-9-7(10)5-8/h6H,3-5H2,1-2H3,(H,9,10). The molecule has 0 aliphatic heterocycles. The van der Waals surface area contributed by atoms with E-state index in [0.29, 0.717) is 11.9 Å². The summed E-state index contributed by atoms with van der Waals surface area (Å²) in [5.74, 6) is -0.0240. The van der Waals surface area contributed by atoms with Gasteiger partial charge in [0, 0.05) is 28.9 Å². The third kappa shape index (κ3) is 5.71. The third-order valence-corrected chi connectivity index (χ3v) is 3.44. The van der Waals surface area contributed by atoms with Crippen molar-refractivity contribution in [1.82, 2.24) is 5.32 Å². The number of rotatable bonds is 5. The van der Waals surface area contributed by atoms with Gasteiger partial charge in [0.2, 0.25) is 5.91 Å². The number of halogens is 1. The Labute approximate surface area is 83.9 Å². The first-order valence-electron chi connectivity index (χ1n) is 3.72. The molecule has 12 heavy (non-hydrogen) atoms. The number of hydrogen-bond acceptors (Lipinski definition) is 2. The van der Waals surface area contributed by atoms with E-state index in [1.807, 2.05) is 6.92 Å². The fourth-order valence-corrected chi connectivity index (χ4v) is 1.28. The number of nitrogens with one attached hydrogen (secondary N) is 1. The van der Waals surface area contributed by atoms with E-state index in [1.54, 1.807) is 6.26 Å². The Morgan fingerprint density at radius 1 is 1.67 bits per heavy atom. The largest absolute Gasteiger partial charge is 0.355 e. The van der Waals surface area contributed by atoms with Crippen LogP contribution in [0.15, 0.2) is 0 Å². The zero-order chi connectivity index (χ0) is 9.56. The molecule has 0 spiro atoms. The highest BCUT2D eigenvalue weighted by atomic mass is 79.9. The van der Waals surface area contributed by atoms with Crippen LogP contribution in [-0.4, -0.2) is 33.5 Å². The van der Waals surface area contributed by atoms with Crippen molar-refractivity contribution in [2.45, 2.75) is 18.6 Å². The molecule has 1 amide bonds. The van der Waals surface area contributed by atoms with E-state index in [4.69, 9.17) is 0 Å². The Bertz CT molecular complexity index is 175. The lowest BCUT2D eigenvalue weighted by molar-refractivity contribution is -0.118. The van der Waals surface area contributed by atoms with Gasteiger partial charge >= 0.3 is 0 Å². The number of alkyl halides is 1. The first kappa shape index (κ1) is 12.1. The Balaban J connectivity index is 3.43. The molecular formula is C7H14BrNO2S. The molecule has 0 aromatic carbocycles. The van der Waals surface area contributed by atoms with Gasteiger partial charge in [-0.2, -0.15) is 0 Å². The molecule has 1 N–H and O–H groups in total. The van der Waals surface area contributed by atoms with Crippen molar-refractivity contribution in [2.75, 3.05) is 18.1 Å². The normalized spacial score (nSPS) is 15.2. The second kappa shape index (κ2) is 6.60. The number of carbonyl (C=O) groups is 1. The van der Waals surface area contributed by atoms with Gasteiger partial charge < -0.3 is 5.32 Å². The molecule has 2 unspecified atom stereocenters. The maximum Gasteiger partial charge on any atom is 0.230 e. The minimum absolute atomic E-state index is 0.0240. The zero-order valence-corrected chi connectivity index (χ0v) is 9.70. The summed E-state index contributed by atoms with van der Waals surface area (Å²) in [5, 5.41) is 3.18. The minimum Gasteiger partial charge on any atom is -0.355 e. The van der Waals surface area contributed by atoms with Crippen LogP contribution in [0.2, 0.25) is 0 Å². The van der Waals surface area contributed by atoms with Crippen molar-refractivity contribution >= 4 is 32.6 Å². The molecule has 0 fully saturated rings. The summed E-state index contributed by atoms with van der Waals surface area (Å²) in [6.07, 6.45) is 2.44. The maximum atomic E-state index is 10.9. The molecule has 0 saturated heterocycles. The topological polar surface area (TPSA) is 46.2 Å². The average Bonchev–Trinajstić information content (AvgIpc) is 2.03. The summed E-state index contributed by atoms with van der Waals surface area (Å²) in [7, 11) is -0.790. The van der Waals surface area contributed by atoms with Crippen molar-refractivity contribution in [1.29, 1.82) is 0 Å². The molecule has 0 aromatic heterocycles. The Morgan fingerprint density at radius 2 is 2.25 bits per heavy atom. The van der Waals surface area contributed by atoms with E-state index in [1.165, 1.54) is 0 Å². The van der Waals surface area contributed by atoms with Crippen molar-refractivity contribution < 1.29 is 9.00 Å². The van der Waals surface area contributed by atoms with Crippen molar-refractivity contribution in [3.8, 4) is 0 Å². The highest BCUT2D eigenvalue weighted by molar-refractivity contribution is 9.09. The lowest BCUT2D eigenvalue weighted by atomic mass is 10.3. The molecular weight excluding hydrogens is 242 g/mol. The van der Waals surface area contributed by atoms with Gasteiger partial charge in [-0.05, 0) is 6.42 Å². The SMILES string of the molecule is CC(CCNC(=O)CBr)S(C)=O. The smallest absolute Gasteiger partial charge is 0.230 e. The van der Waals surface area contributed by atoms with Crippen molar-refractivity contribution in [3.63, 3.8) is 0 Å². The summed E-state index contributed by atoms with van der Waals surface area (Å²) in [6, 6.07) is 0. The second-order valence-electron chi connectivity index (χ2n) is 2.58.